The molecule has 0 aliphatic carbocycles. The predicted octanol–water partition coefficient (Wildman–Crippen LogP) is 1.94. The Hall–Kier alpha value is -2.61. The lowest BCUT2D eigenvalue weighted by Crippen LogP contribution is -2.44. The van der Waals surface area contributed by atoms with Gasteiger partial charge in [0.05, 0.1) is 23.6 Å². The fourth-order valence-electron chi connectivity index (χ4n) is 2.89. The smallest absolute Gasteiger partial charge is 0.356 e. The van der Waals surface area contributed by atoms with E-state index >= 15 is 0 Å². The first-order valence-corrected chi connectivity index (χ1v) is 7.38. The summed E-state index contributed by atoms with van der Waals surface area (Å²) in [7, 11) is 0. The van der Waals surface area contributed by atoms with Gasteiger partial charge in [-0.05, 0) is 25.0 Å². The number of rotatable bonds is 3. The number of benzene rings is 1. The van der Waals surface area contributed by atoms with Gasteiger partial charge in [-0.2, -0.15) is 0 Å². The molecule has 0 radical (unpaired) electrons. The highest BCUT2D eigenvalue weighted by Crippen LogP contribution is 2.36. The number of carbonyl (C=O) groups is 1. The minimum Gasteiger partial charge on any atom is -0.476 e. The van der Waals surface area contributed by atoms with Crippen LogP contribution in [0.25, 0.3) is 0 Å². The van der Waals surface area contributed by atoms with Gasteiger partial charge in [0.25, 0.3) is 0 Å². The lowest BCUT2D eigenvalue weighted by molar-refractivity contribution is 0.00491. The van der Waals surface area contributed by atoms with Crippen molar-refractivity contribution in [2.24, 2.45) is 0 Å². The molecule has 2 aromatic rings. The third-order valence-corrected chi connectivity index (χ3v) is 4.20. The van der Waals surface area contributed by atoms with Gasteiger partial charge in [-0.3, -0.25) is 0 Å². The third-order valence-electron chi connectivity index (χ3n) is 4.20. The summed E-state index contributed by atoms with van der Waals surface area (Å²) in [5.41, 5.74) is -2.06. The van der Waals surface area contributed by atoms with Crippen molar-refractivity contribution in [2.75, 3.05) is 18.0 Å². The van der Waals surface area contributed by atoms with Crippen LogP contribution in [0.4, 0.5) is 14.6 Å². The number of aromatic nitrogens is 2. The minimum atomic E-state index is -1.58. The number of nitrogens with zero attached hydrogens (tertiary/aromatic N) is 3. The first kappa shape index (κ1) is 16.3. The number of piperidine rings is 1. The van der Waals surface area contributed by atoms with E-state index in [0.717, 1.165) is 18.3 Å². The van der Waals surface area contributed by atoms with Gasteiger partial charge in [0, 0.05) is 13.1 Å². The third kappa shape index (κ3) is 2.92. The molecule has 2 heterocycles. The number of carboxylic acid groups (broad SMARTS) is 1. The van der Waals surface area contributed by atoms with Gasteiger partial charge in [-0.1, -0.05) is 6.07 Å². The molecule has 8 heteroatoms. The molecule has 2 N–H and O–H groups in total. The number of aliphatic hydroxyl groups is 1. The summed E-state index contributed by atoms with van der Waals surface area (Å²) in [5, 5.41) is 19.5. The van der Waals surface area contributed by atoms with Crippen LogP contribution in [0.15, 0.2) is 30.6 Å². The van der Waals surface area contributed by atoms with Crippen LogP contribution < -0.4 is 4.90 Å². The van der Waals surface area contributed by atoms with Gasteiger partial charge in [0.1, 0.15) is 17.5 Å². The lowest BCUT2D eigenvalue weighted by atomic mass is 9.83. The van der Waals surface area contributed by atoms with Crippen molar-refractivity contribution in [3.63, 3.8) is 0 Å². The fraction of sp³-hybridized carbons (Fsp3) is 0.312. The van der Waals surface area contributed by atoms with Crippen LogP contribution in [0.2, 0.25) is 0 Å². The molecular formula is C16H15F2N3O3. The fourth-order valence-corrected chi connectivity index (χ4v) is 2.89. The van der Waals surface area contributed by atoms with Crippen LogP contribution in [0.5, 0.6) is 0 Å². The number of anilines is 1. The summed E-state index contributed by atoms with van der Waals surface area (Å²) < 4.78 is 27.9. The van der Waals surface area contributed by atoms with Crippen molar-refractivity contribution >= 4 is 11.8 Å². The molecule has 1 aliphatic heterocycles. The largest absolute Gasteiger partial charge is 0.476 e. The molecule has 0 saturated carbocycles. The Kier molecular flexibility index (Phi) is 4.15. The number of aromatic carboxylic acids is 1. The first-order valence-electron chi connectivity index (χ1n) is 7.38. The molecule has 1 aromatic carbocycles. The molecule has 0 bridgehead atoms. The summed E-state index contributed by atoms with van der Waals surface area (Å²) in [5.74, 6) is -2.25. The van der Waals surface area contributed by atoms with Crippen LogP contribution in [0, 0.1) is 11.6 Å². The monoisotopic (exact) mass is 335 g/mol. The Morgan fingerprint density at radius 1 is 1.12 bits per heavy atom. The van der Waals surface area contributed by atoms with Gasteiger partial charge in [-0.25, -0.2) is 23.5 Å². The van der Waals surface area contributed by atoms with E-state index in [2.05, 4.69) is 9.97 Å². The van der Waals surface area contributed by atoms with Gasteiger partial charge in [-0.15, -0.1) is 0 Å². The second kappa shape index (κ2) is 6.12. The quantitative estimate of drug-likeness (QED) is 0.891. The SMILES string of the molecule is O=C(O)c1cnc(N2CCC(O)(c3c(F)cccc3F)CC2)cn1. The van der Waals surface area contributed by atoms with Crippen molar-refractivity contribution in [3.8, 4) is 0 Å². The van der Waals surface area contributed by atoms with E-state index in [9.17, 15) is 18.7 Å². The summed E-state index contributed by atoms with van der Waals surface area (Å²) in [6, 6.07) is 3.50. The molecule has 1 fully saturated rings. The molecule has 0 spiro atoms. The first-order chi connectivity index (χ1) is 11.4. The van der Waals surface area contributed by atoms with Crippen molar-refractivity contribution in [1.29, 1.82) is 0 Å². The second-order valence-corrected chi connectivity index (χ2v) is 5.68. The van der Waals surface area contributed by atoms with Gasteiger partial charge < -0.3 is 15.1 Å². The number of hydrogen-bond acceptors (Lipinski definition) is 5. The van der Waals surface area contributed by atoms with Crippen LogP contribution >= 0.6 is 0 Å². The molecule has 0 amide bonds. The lowest BCUT2D eigenvalue weighted by Gasteiger charge is -2.39. The topological polar surface area (TPSA) is 86.5 Å². The van der Waals surface area contributed by atoms with E-state index in [1.165, 1.54) is 12.3 Å². The Labute approximate surface area is 136 Å². The highest BCUT2D eigenvalue weighted by atomic mass is 19.1. The van der Waals surface area contributed by atoms with Gasteiger partial charge in [0.2, 0.25) is 0 Å². The Morgan fingerprint density at radius 3 is 2.25 bits per heavy atom. The zero-order chi connectivity index (χ0) is 17.3. The molecule has 24 heavy (non-hydrogen) atoms. The van der Waals surface area contributed by atoms with Crippen LogP contribution in [-0.2, 0) is 5.60 Å². The van der Waals surface area contributed by atoms with Crippen molar-refractivity contribution in [3.05, 3.63) is 53.5 Å². The van der Waals surface area contributed by atoms with E-state index in [0.29, 0.717) is 18.9 Å². The van der Waals surface area contributed by atoms with E-state index in [-0.39, 0.29) is 24.1 Å². The number of hydrogen-bond donors (Lipinski definition) is 2. The standard InChI is InChI=1S/C16H15F2N3O3/c17-10-2-1-3-11(18)14(10)16(24)4-6-21(7-5-16)13-9-19-12(8-20-13)15(22)23/h1-3,8-9,24H,4-7H2,(H,22,23). The maximum atomic E-state index is 13.9. The summed E-state index contributed by atoms with van der Waals surface area (Å²) in [6.45, 7) is 0.622. The summed E-state index contributed by atoms with van der Waals surface area (Å²) in [4.78, 5) is 20.4. The zero-order valence-corrected chi connectivity index (χ0v) is 12.6. The van der Waals surface area contributed by atoms with E-state index < -0.39 is 23.2 Å². The van der Waals surface area contributed by atoms with Crippen LogP contribution in [0.3, 0.4) is 0 Å². The normalized spacial score (nSPS) is 16.9. The van der Waals surface area contributed by atoms with Crippen molar-refractivity contribution in [1.82, 2.24) is 9.97 Å². The van der Waals surface area contributed by atoms with Crippen LogP contribution in [0.1, 0.15) is 28.9 Å². The second-order valence-electron chi connectivity index (χ2n) is 5.68. The molecule has 126 valence electrons. The Morgan fingerprint density at radius 2 is 1.75 bits per heavy atom. The van der Waals surface area contributed by atoms with Crippen molar-refractivity contribution in [2.45, 2.75) is 18.4 Å². The highest BCUT2D eigenvalue weighted by Gasteiger charge is 2.38. The van der Waals surface area contributed by atoms with E-state index in [4.69, 9.17) is 5.11 Å². The Bertz CT molecular complexity index is 739. The molecule has 6 nitrogen and oxygen atoms in total. The van der Waals surface area contributed by atoms with Gasteiger partial charge in [0.15, 0.2) is 5.69 Å². The molecule has 1 saturated heterocycles. The molecule has 0 unspecified atom stereocenters. The highest BCUT2D eigenvalue weighted by molar-refractivity contribution is 5.84. The summed E-state index contributed by atoms with van der Waals surface area (Å²) >= 11 is 0. The molecule has 1 aromatic heterocycles. The minimum absolute atomic E-state index is 0.118. The predicted molar refractivity (Wildman–Crippen MR) is 80.7 cm³/mol. The number of carboxylic acids is 1. The van der Waals surface area contributed by atoms with Crippen LogP contribution in [-0.4, -0.2) is 39.2 Å². The molecular weight excluding hydrogens is 320 g/mol. The summed E-state index contributed by atoms with van der Waals surface area (Å²) in [6.07, 6.45) is 2.72. The zero-order valence-electron chi connectivity index (χ0n) is 12.6. The van der Waals surface area contributed by atoms with Gasteiger partial charge >= 0.3 is 5.97 Å². The maximum absolute atomic E-state index is 13.9. The molecule has 0 atom stereocenters. The van der Waals surface area contributed by atoms with E-state index in [1.807, 2.05) is 0 Å². The van der Waals surface area contributed by atoms with E-state index in [1.54, 1.807) is 4.90 Å². The number of halogens is 2. The Balaban J connectivity index is 1.76. The molecule has 1 aliphatic rings. The van der Waals surface area contributed by atoms with Crippen molar-refractivity contribution < 1.29 is 23.8 Å². The molecule has 3 rings (SSSR count). The average Bonchev–Trinajstić information content (AvgIpc) is 2.55. The average molecular weight is 335 g/mol. The maximum Gasteiger partial charge on any atom is 0.356 e.